The highest BCUT2D eigenvalue weighted by atomic mass is 16.2. The molecule has 5 heteroatoms. The van der Waals surface area contributed by atoms with E-state index in [2.05, 4.69) is 10.6 Å². The number of anilines is 1. The zero-order valence-corrected chi connectivity index (χ0v) is 14.7. The molecule has 25 heavy (non-hydrogen) atoms. The molecule has 5 nitrogen and oxygen atoms in total. The van der Waals surface area contributed by atoms with Gasteiger partial charge in [0.05, 0.1) is 0 Å². The maximum Gasteiger partial charge on any atom is 0.253 e. The fourth-order valence-electron chi connectivity index (χ4n) is 4.14. The molecule has 0 unspecified atom stereocenters. The minimum Gasteiger partial charge on any atom is -0.339 e. The van der Waals surface area contributed by atoms with Crippen molar-refractivity contribution in [1.29, 1.82) is 0 Å². The van der Waals surface area contributed by atoms with Gasteiger partial charge >= 0.3 is 0 Å². The fraction of sp³-hybridized carbons (Fsp3) is 0.600. The first kappa shape index (κ1) is 16.6. The lowest BCUT2D eigenvalue weighted by Crippen LogP contribution is -2.47. The summed E-state index contributed by atoms with van der Waals surface area (Å²) in [6, 6.07) is 7.38. The van der Waals surface area contributed by atoms with Gasteiger partial charge in [-0.1, -0.05) is 6.07 Å². The highest BCUT2D eigenvalue weighted by Gasteiger charge is 2.37. The van der Waals surface area contributed by atoms with Crippen LogP contribution in [0, 0.1) is 11.3 Å². The molecule has 2 N–H and O–H groups in total. The van der Waals surface area contributed by atoms with Crippen molar-refractivity contribution >= 4 is 17.5 Å². The van der Waals surface area contributed by atoms with E-state index in [0.717, 1.165) is 57.5 Å². The standard InChI is InChI=1S/C20H27N3O2/c24-18(15-4-5-15)22-17-3-1-2-16(14-17)19(25)23-12-8-20(9-13-23)6-10-21-11-7-20/h1-3,14-15,21H,4-13H2,(H,22,24). The molecule has 2 heterocycles. The third-order valence-electron chi connectivity index (χ3n) is 6.10. The number of likely N-dealkylation sites (tertiary alicyclic amines) is 1. The van der Waals surface area contributed by atoms with Crippen LogP contribution in [0.15, 0.2) is 24.3 Å². The predicted molar refractivity (Wildman–Crippen MR) is 97.5 cm³/mol. The van der Waals surface area contributed by atoms with E-state index in [4.69, 9.17) is 0 Å². The second-order valence-corrected chi connectivity index (χ2v) is 7.89. The van der Waals surface area contributed by atoms with E-state index in [0.29, 0.717) is 11.0 Å². The number of benzene rings is 1. The number of nitrogens with one attached hydrogen (secondary N) is 2. The van der Waals surface area contributed by atoms with Gasteiger partial charge in [-0.2, -0.15) is 0 Å². The zero-order valence-electron chi connectivity index (χ0n) is 14.7. The van der Waals surface area contributed by atoms with Crippen molar-refractivity contribution in [2.45, 2.75) is 38.5 Å². The van der Waals surface area contributed by atoms with Gasteiger partial charge in [0, 0.05) is 30.3 Å². The molecular weight excluding hydrogens is 314 g/mol. The van der Waals surface area contributed by atoms with Crippen LogP contribution in [-0.4, -0.2) is 42.9 Å². The van der Waals surface area contributed by atoms with Crippen LogP contribution in [0.2, 0.25) is 0 Å². The number of rotatable bonds is 3. The van der Waals surface area contributed by atoms with E-state index in [1.807, 2.05) is 29.2 Å². The van der Waals surface area contributed by atoms with Gasteiger partial charge in [-0.25, -0.2) is 0 Å². The monoisotopic (exact) mass is 341 g/mol. The van der Waals surface area contributed by atoms with E-state index in [-0.39, 0.29) is 17.7 Å². The Hall–Kier alpha value is -1.88. The second kappa shape index (κ2) is 6.79. The summed E-state index contributed by atoms with van der Waals surface area (Å²) in [5, 5.41) is 6.37. The average molecular weight is 341 g/mol. The van der Waals surface area contributed by atoms with E-state index in [1.165, 1.54) is 12.8 Å². The van der Waals surface area contributed by atoms with Crippen molar-refractivity contribution in [2.24, 2.45) is 11.3 Å². The van der Waals surface area contributed by atoms with Gasteiger partial charge in [0.15, 0.2) is 0 Å². The minimum atomic E-state index is 0.0791. The first-order valence-electron chi connectivity index (χ1n) is 9.56. The Morgan fingerprint density at radius 3 is 2.48 bits per heavy atom. The van der Waals surface area contributed by atoms with Crippen LogP contribution >= 0.6 is 0 Å². The molecular formula is C20H27N3O2. The molecule has 2 amide bonds. The highest BCUT2D eigenvalue weighted by molar-refractivity contribution is 5.98. The summed E-state index contributed by atoms with van der Waals surface area (Å²) in [4.78, 5) is 26.8. The molecule has 1 aromatic rings. The number of hydrogen-bond acceptors (Lipinski definition) is 3. The van der Waals surface area contributed by atoms with Crippen LogP contribution in [0.25, 0.3) is 0 Å². The molecule has 0 aromatic heterocycles. The van der Waals surface area contributed by atoms with Gasteiger partial charge < -0.3 is 15.5 Å². The minimum absolute atomic E-state index is 0.0791. The van der Waals surface area contributed by atoms with Crippen LogP contribution in [0.1, 0.15) is 48.9 Å². The molecule has 1 saturated carbocycles. The molecule has 3 fully saturated rings. The van der Waals surface area contributed by atoms with Crippen LogP contribution in [0.3, 0.4) is 0 Å². The van der Waals surface area contributed by atoms with Crippen LogP contribution in [0.5, 0.6) is 0 Å². The Kier molecular flexibility index (Phi) is 4.50. The van der Waals surface area contributed by atoms with Crippen molar-refractivity contribution in [3.63, 3.8) is 0 Å². The van der Waals surface area contributed by atoms with Crippen molar-refractivity contribution in [2.75, 3.05) is 31.5 Å². The van der Waals surface area contributed by atoms with Gasteiger partial charge in [0.1, 0.15) is 0 Å². The summed E-state index contributed by atoms with van der Waals surface area (Å²) in [6.07, 6.45) is 6.65. The number of nitrogens with zero attached hydrogens (tertiary/aromatic N) is 1. The topological polar surface area (TPSA) is 61.4 Å². The zero-order chi connectivity index (χ0) is 17.3. The second-order valence-electron chi connectivity index (χ2n) is 7.89. The Morgan fingerprint density at radius 1 is 1.08 bits per heavy atom. The molecule has 2 aliphatic heterocycles. The van der Waals surface area contributed by atoms with Crippen molar-refractivity contribution in [3.8, 4) is 0 Å². The van der Waals surface area contributed by atoms with Crippen molar-refractivity contribution < 1.29 is 9.59 Å². The summed E-state index contributed by atoms with van der Waals surface area (Å²) in [5.41, 5.74) is 1.85. The maximum absolute atomic E-state index is 12.9. The third kappa shape index (κ3) is 3.71. The van der Waals surface area contributed by atoms with Gasteiger partial charge in [0.25, 0.3) is 5.91 Å². The smallest absolute Gasteiger partial charge is 0.253 e. The normalized spacial score (nSPS) is 22.6. The molecule has 1 aromatic carbocycles. The molecule has 4 rings (SSSR count). The quantitative estimate of drug-likeness (QED) is 0.888. The molecule has 134 valence electrons. The maximum atomic E-state index is 12.9. The number of carbonyl (C=O) groups excluding carboxylic acids is 2. The summed E-state index contributed by atoms with van der Waals surface area (Å²) < 4.78 is 0. The van der Waals surface area contributed by atoms with E-state index < -0.39 is 0 Å². The summed E-state index contributed by atoms with van der Waals surface area (Å²) >= 11 is 0. The molecule has 0 radical (unpaired) electrons. The Bertz CT molecular complexity index is 653. The van der Waals surface area contributed by atoms with Crippen molar-refractivity contribution in [1.82, 2.24) is 10.2 Å². The first-order chi connectivity index (χ1) is 12.2. The van der Waals surface area contributed by atoms with Gasteiger partial charge in [-0.05, 0) is 75.2 Å². The lowest BCUT2D eigenvalue weighted by atomic mass is 9.71. The molecule has 0 atom stereocenters. The summed E-state index contributed by atoms with van der Waals surface area (Å²) in [6.45, 7) is 3.91. The number of hydrogen-bond donors (Lipinski definition) is 2. The number of carbonyl (C=O) groups is 2. The van der Waals surface area contributed by atoms with Gasteiger partial charge in [-0.3, -0.25) is 9.59 Å². The van der Waals surface area contributed by atoms with E-state index in [9.17, 15) is 9.59 Å². The van der Waals surface area contributed by atoms with Crippen molar-refractivity contribution in [3.05, 3.63) is 29.8 Å². The molecule has 3 aliphatic rings. The van der Waals surface area contributed by atoms with Crippen LogP contribution < -0.4 is 10.6 Å². The number of piperidine rings is 2. The van der Waals surface area contributed by atoms with Crippen LogP contribution in [-0.2, 0) is 4.79 Å². The number of amides is 2. The largest absolute Gasteiger partial charge is 0.339 e. The Labute approximate surface area is 149 Å². The lowest BCUT2D eigenvalue weighted by Gasteiger charge is -2.44. The Balaban J connectivity index is 1.38. The van der Waals surface area contributed by atoms with E-state index >= 15 is 0 Å². The molecule has 0 bridgehead atoms. The molecule has 1 aliphatic carbocycles. The Morgan fingerprint density at radius 2 is 1.80 bits per heavy atom. The molecule has 1 spiro atoms. The van der Waals surface area contributed by atoms with E-state index in [1.54, 1.807) is 0 Å². The fourth-order valence-corrected chi connectivity index (χ4v) is 4.14. The summed E-state index contributed by atoms with van der Waals surface area (Å²) in [5.74, 6) is 0.337. The molecule has 2 saturated heterocycles. The lowest BCUT2D eigenvalue weighted by molar-refractivity contribution is -0.117. The SMILES string of the molecule is O=C(Nc1cccc(C(=O)N2CCC3(CCNCC3)CC2)c1)C1CC1. The predicted octanol–water partition coefficient (Wildman–Crippen LogP) is 2.64. The third-order valence-corrected chi connectivity index (χ3v) is 6.10. The van der Waals surface area contributed by atoms with Gasteiger partial charge in [-0.15, -0.1) is 0 Å². The van der Waals surface area contributed by atoms with Crippen LogP contribution in [0.4, 0.5) is 5.69 Å². The van der Waals surface area contributed by atoms with Gasteiger partial charge in [0.2, 0.25) is 5.91 Å². The summed E-state index contributed by atoms with van der Waals surface area (Å²) in [7, 11) is 0. The average Bonchev–Trinajstić information content (AvgIpc) is 3.48. The first-order valence-corrected chi connectivity index (χ1v) is 9.56. The highest BCUT2D eigenvalue weighted by Crippen LogP contribution is 2.39.